The smallest absolute Gasteiger partial charge is 0.128 e. The molecule has 0 radical (unpaired) electrons. The fourth-order valence-electron chi connectivity index (χ4n) is 1.27. The first kappa shape index (κ1) is 10.4. The van der Waals surface area contributed by atoms with Crippen LogP contribution in [0, 0.1) is 11.3 Å². The van der Waals surface area contributed by atoms with Crippen LogP contribution in [-0.2, 0) is 6.42 Å². The lowest BCUT2D eigenvalue weighted by molar-refractivity contribution is 1.11. The highest BCUT2D eigenvalue weighted by molar-refractivity contribution is 7.99. The SMILES string of the molecule is CCc1cc2c(SCC#N)ncnc2s1. The summed E-state index contributed by atoms with van der Waals surface area (Å²) in [5.74, 6) is 0.434. The quantitative estimate of drug-likeness (QED) is 0.606. The van der Waals surface area contributed by atoms with E-state index in [1.165, 1.54) is 16.6 Å². The van der Waals surface area contributed by atoms with Gasteiger partial charge in [-0.25, -0.2) is 9.97 Å². The second-order valence-corrected chi connectivity index (χ2v) is 4.99. The predicted octanol–water partition coefficient (Wildman–Crippen LogP) is 2.87. The normalized spacial score (nSPS) is 10.4. The standard InChI is InChI=1S/C10H9N3S2/c1-2-7-5-8-9(14-4-3-11)12-6-13-10(8)15-7/h5-6H,2,4H2,1H3. The van der Waals surface area contributed by atoms with Crippen LogP contribution in [0.2, 0.25) is 0 Å². The minimum atomic E-state index is 0.434. The summed E-state index contributed by atoms with van der Waals surface area (Å²) in [7, 11) is 0. The van der Waals surface area contributed by atoms with Crippen molar-refractivity contribution in [3.8, 4) is 6.07 Å². The highest BCUT2D eigenvalue weighted by Gasteiger charge is 2.07. The average Bonchev–Trinajstić information content (AvgIpc) is 2.69. The molecule has 2 aromatic heterocycles. The Morgan fingerprint density at radius 3 is 3.13 bits per heavy atom. The van der Waals surface area contributed by atoms with Crippen LogP contribution in [0.15, 0.2) is 17.4 Å². The van der Waals surface area contributed by atoms with Crippen molar-refractivity contribution < 1.29 is 0 Å². The van der Waals surface area contributed by atoms with Gasteiger partial charge in [0.05, 0.1) is 11.8 Å². The van der Waals surface area contributed by atoms with Crippen molar-refractivity contribution in [2.24, 2.45) is 0 Å². The number of aromatic nitrogens is 2. The van der Waals surface area contributed by atoms with Gasteiger partial charge < -0.3 is 0 Å². The molecule has 0 aliphatic rings. The Hall–Kier alpha value is -1.12. The van der Waals surface area contributed by atoms with Crippen molar-refractivity contribution in [3.05, 3.63) is 17.3 Å². The van der Waals surface area contributed by atoms with Gasteiger partial charge in [0.2, 0.25) is 0 Å². The lowest BCUT2D eigenvalue weighted by Crippen LogP contribution is -1.83. The maximum absolute atomic E-state index is 8.54. The lowest BCUT2D eigenvalue weighted by atomic mass is 10.3. The van der Waals surface area contributed by atoms with E-state index < -0.39 is 0 Å². The molecule has 3 nitrogen and oxygen atoms in total. The number of thiophene rings is 1. The second-order valence-electron chi connectivity index (χ2n) is 2.91. The minimum absolute atomic E-state index is 0.434. The number of rotatable bonds is 3. The summed E-state index contributed by atoms with van der Waals surface area (Å²) in [5, 5.41) is 10.5. The zero-order valence-electron chi connectivity index (χ0n) is 8.23. The number of thioether (sulfide) groups is 1. The Morgan fingerprint density at radius 1 is 1.53 bits per heavy atom. The van der Waals surface area contributed by atoms with Crippen LogP contribution in [0.5, 0.6) is 0 Å². The fraction of sp³-hybridized carbons (Fsp3) is 0.300. The Morgan fingerprint density at radius 2 is 2.40 bits per heavy atom. The third kappa shape index (κ3) is 2.11. The van der Waals surface area contributed by atoms with Crippen LogP contribution in [-0.4, -0.2) is 15.7 Å². The largest absolute Gasteiger partial charge is 0.229 e. The lowest BCUT2D eigenvalue weighted by Gasteiger charge is -1.96. The first-order valence-electron chi connectivity index (χ1n) is 4.58. The van der Waals surface area contributed by atoms with Crippen molar-refractivity contribution in [2.45, 2.75) is 18.4 Å². The Kier molecular flexibility index (Phi) is 3.19. The molecule has 0 fully saturated rings. The summed E-state index contributed by atoms with van der Waals surface area (Å²) in [6, 6.07) is 4.23. The first-order chi connectivity index (χ1) is 7.35. The van der Waals surface area contributed by atoms with Gasteiger partial charge >= 0.3 is 0 Å². The van der Waals surface area contributed by atoms with Crippen LogP contribution < -0.4 is 0 Å². The van der Waals surface area contributed by atoms with Gasteiger partial charge in [-0.3, -0.25) is 0 Å². The van der Waals surface area contributed by atoms with Crippen molar-refractivity contribution in [3.63, 3.8) is 0 Å². The van der Waals surface area contributed by atoms with Crippen molar-refractivity contribution in [1.82, 2.24) is 9.97 Å². The Bertz CT molecular complexity index is 513. The molecule has 0 bridgehead atoms. The highest BCUT2D eigenvalue weighted by atomic mass is 32.2. The van der Waals surface area contributed by atoms with E-state index in [-0.39, 0.29) is 0 Å². The molecular weight excluding hydrogens is 226 g/mol. The predicted molar refractivity (Wildman–Crippen MR) is 63.1 cm³/mol. The van der Waals surface area contributed by atoms with Crippen molar-refractivity contribution in [1.29, 1.82) is 5.26 Å². The van der Waals surface area contributed by atoms with E-state index in [2.05, 4.69) is 29.0 Å². The number of nitrogens with zero attached hydrogens (tertiary/aromatic N) is 3. The van der Waals surface area contributed by atoms with Crippen LogP contribution in [0.4, 0.5) is 0 Å². The maximum Gasteiger partial charge on any atom is 0.128 e. The molecule has 76 valence electrons. The van der Waals surface area contributed by atoms with Gasteiger partial charge in [0.15, 0.2) is 0 Å². The van der Waals surface area contributed by atoms with E-state index in [0.717, 1.165) is 21.7 Å². The van der Waals surface area contributed by atoms with Gasteiger partial charge in [-0.15, -0.1) is 11.3 Å². The number of aryl methyl sites for hydroxylation is 1. The molecule has 0 aliphatic heterocycles. The zero-order valence-corrected chi connectivity index (χ0v) is 9.86. The zero-order chi connectivity index (χ0) is 10.7. The fourth-order valence-corrected chi connectivity index (χ4v) is 2.91. The van der Waals surface area contributed by atoms with Gasteiger partial charge in [0.25, 0.3) is 0 Å². The first-order valence-corrected chi connectivity index (χ1v) is 6.38. The Labute approximate surface area is 96.2 Å². The summed E-state index contributed by atoms with van der Waals surface area (Å²) < 4.78 is 0. The van der Waals surface area contributed by atoms with Crippen LogP contribution >= 0.6 is 23.1 Å². The molecule has 0 spiro atoms. The van der Waals surface area contributed by atoms with Crippen molar-refractivity contribution >= 4 is 33.3 Å². The van der Waals surface area contributed by atoms with E-state index in [1.54, 1.807) is 17.7 Å². The molecule has 0 saturated carbocycles. The molecule has 0 atom stereocenters. The van der Waals surface area contributed by atoms with E-state index in [0.29, 0.717) is 5.75 Å². The molecule has 2 aromatic rings. The summed E-state index contributed by atoms with van der Waals surface area (Å²) in [6.07, 6.45) is 2.58. The highest BCUT2D eigenvalue weighted by Crippen LogP contribution is 2.30. The van der Waals surface area contributed by atoms with Crippen LogP contribution in [0.1, 0.15) is 11.8 Å². The average molecular weight is 235 g/mol. The van der Waals surface area contributed by atoms with Gasteiger partial charge in [-0.2, -0.15) is 5.26 Å². The van der Waals surface area contributed by atoms with Gasteiger partial charge in [0, 0.05) is 10.3 Å². The van der Waals surface area contributed by atoms with Crippen LogP contribution in [0.25, 0.3) is 10.2 Å². The molecule has 0 aromatic carbocycles. The minimum Gasteiger partial charge on any atom is -0.229 e. The molecule has 15 heavy (non-hydrogen) atoms. The van der Waals surface area contributed by atoms with Crippen LogP contribution in [0.3, 0.4) is 0 Å². The summed E-state index contributed by atoms with van der Waals surface area (Å²) in [5.41, 5.74) is 0. The van der Waals surface area contributed by atoms with Gasteiger partial charge in [-0.1, -0.05) is 18.7 Å². The molecule has 0 amide bonds. The third-order valence-corrected chi connectivity index (χ3v) is 4.03. The summed E-state index contributed by atoms with van der Waals surface area (Å²) in [6.45, 7) is 2.13. The van der Waals surface area contributed by atoms with E-state index in [4.69, 9.17) is 5.26 Å². The molecule has 0 saturated heterocycles. The monoisotopic (exact) mass is 235 g/mol. The Balaban J connectivity index is 2.45. The van der Waals surface area contributed by atoms with Crippen molar-refractivity contribution in [2.75, 3.05) is 5.75 Å². The van der Waals surface area contributed by atoms with E-state index in [1.807, 2.05) is 0 Å². The summed E-state index contributed by atoms with van der Waals surface area (Å²) in [4.78, 5) is 10.8. The maximum atomic E-state index is 8.54. The molecule has 2 heterocycles. The second kappa shape index (κ2) is 4.60. The molecule has 2 rings (SSSR count). The summed E-state index contributed by atoms with van der Waals surface area (Å²) >= 11 is 3.17. The molecule has 0 N–H and O–H groups in total. The molecule has 0 unspecified atom stereocenters. The third-order valence-electron chi connectivity index (χ3n) is 1.97. The number of hydrogen-bond acceptors (Lipinski definition) is 5. The van der Waals surface area contributed by atoms with Gasteiger partial charge in [-0.05, 0) is 12.5 Å². The molecule has 5 heteroatoms. The van der Waals surface area contributed by atoms with Gasteiger partial charge in [0.1, 0.15) is 16.2 Å². The number of fused-ring (bicyclic) bond motifs is 1. The number of hydrogen-bond donors (Lipinski definition) is 0. The van der Waals surface area contributed by atoms with E-state index >= 15 is 0 Å². The molecule has 0 aliphatic carbocycles. The topological polar surface area (TPSA) is 49.6 Å². The molecular formula is C10H9N3S2. The van der Waals surface area contributed by atoms with E-state index in [9.17, 15) is 0 Å². The number of nitriles is 1.